The first-order valence-electron chi connectivity index (χ1n) is 8.41. The van der Waals surface area contributed by atoms with Crippen LogP contribution in [0.5, 0.6) is 0 Å². The van der Waals surface area contributed by atoms with Crippen LogP contribution in [0, 0.1) is 11.2 Å². The molecule has 2 rings (SSSR count). The minimum absolute atomic E-state index is 0.0137. The average molecular weight is 371 g/mol. The lowest BCUT2D eigenvalue weighted by Crippen LogP contribution is -2.45. The standard InChI is InChI=1S/C20H22FN3O3/c1-13(25)23-15-8-6-9-16(11-15)24-19(27)20(2,3)18(26)22-12-14-7-4-5-10-17(14)21/h4-11H,12H2,1-3H3,(H,22,26)(H,23,25)(H,24,27). The summed E-state index contributed by atoms with van der Waals surface area (Å²) in [4.78, 5) is 36.1. The van der Waals surface area contributed by atoms with E-state index in [0.717, 1.165) is 0 Å². The van der Waals surface area contributed by atoms with Crippen LogP contribution in [0.25, 0.3) is 0 Å². The smallest absolute Gasteiger partial charge is 0.239 e. The van der Waals surface area contributed by atoms with Crippen molar-refractivity contribution in [3.8, 4) is 0 Å². The van der Waals surface area contributed by atoms with Gasteiger partial charge < -0.3 is 16.0 Å². The number of rotatable bonds is 6. The molecule has 0 unspecified atom stereocenters. The monoisotopic (exact) mass is 371 g/mol. The second-order valence-electron chi connectivity index (χ2n) is 6.62. The molecule has 0 aliphatic carbocycles. The third-order valence-electron chi connectivity index (χ3n) is 3.97. The van der Waals surface area contributed by atoms with Crippen LogP contribution in [0.3, 0.4) is 0 Å². The van der Waals surface area contributed by atoms with Gasteiger partial charge in [0.15, 0.2) is 0 Å². The van der Waals surface area contributed by atoms with E-state index in [1.165, 1.54) is 26.8 Å². The Hall–Kier alpha value is -3.22. The van der Waals surface area contributed by atoms with Gasteiger partial charge in [-0.2, -0.15) is 0 Å². The van der Waals surface area contributed by atoms with Gasteiger partial charge in [0.2, 0.25) is 17.7 Å². The van der Waals surface area contributed by atoms with E-state index in [9.17, 15) is 18.8 Å². The summed E-state index contributed by atoms with van der Waals surface area (Å²) in [6.07, 6.45) is 0. The molecule has 3 N–H and O–H groups in total. The predicted molar refractivity (Wildman–Crippen MR) is 101 cm³/mol. The van der Waals surface area contributed by atoms with E-state index in [0.29, 0.717) is 16.9 Å². The third-order valence-corrected chi connectivity index (χ3v) is 3.97. The van der Waals surface area contributed by atoms with Crippen LogP contribution in [-0.4, -0.2) is 17.7 Å². The zero-order valence-corrected chi connectivity index (χ0v) is 15.4. The van der Waals surface area contributed by atoms with Gasteiger partial charge in [-0.3, -0.25) is 14.4 Å². The SMILES string of the molecule is CC(=O)Nc1cccc(NC(=O)C(C)(C)C(=O)NCc2ccccc2F)c1. The number of hydrogen-bond donors (Lipinski definition) is 3. The van der Waals surface area contributed by atoms with E-state index in [1.54, 1.807) is 42.5 Å². The molecule has 6 nitrogen and oxygen atoms in total. The number of nitrogens with one attached hydrogen (secondary N) is 3. The predicted octanol–water partition coefficient (Wildman–Crippen LogP) is 3.07. The lowest BCUT2D eigenvalue weighted by Gasteiger charge is -2.23. The molecule has 0 atom stereocenters. The first kappa shape index (κ1) is 20.1. The Kier molecular flexibility index (Phi) is 6.28. The molecule has 0 radical (unpaired) electrons. The van der Waals surface area contributed by atoms with Gasteiger partial charge in [0.05, 0.1) is 0 Å². The molecule has 0 spiro atoms. The number of anilines is 2. The maximum Gasteiger partial charge on any atom is 0.239 e. The maximum atomic E-state index is 13.7. The zero-order valence-electron chi connectivity index (χ0n) is 15.4. The Bertz CT molecular complexity index is 865. The molecule has 0 saturated carbocycles. The van der Waals surface area contributed by atoms with Gasteiger partial charge in [0.1, 0.15) is 11.2 Å². The summed E-state index contributed by atoms with van der Waals surface area (Å²) in [6, 6.07) is 12.7. The molecule has 0 saturated heterocycles. The van der Waals surface area contributed by atoms with E-state index in [2.05, 4.69) is 16.0 Å². The number of halogens is 1. The van der Waals surface area contributed by atoms with Crippen molar-refractivity contribution in [3.63, 3.8) is 0 Å². The highest BCUT2D eigenvalue weighted by molar-refractivity contribution is 6.10. The van der Waals surface area contributed by atoms with Crippen LogP contribution < -0.4 is 16.0 Å². The summed E-state index contributed by atoms with van der Waals surface area (Å²) in [6.45, 7) is 4.34. The van der Waals surface area contributed by atoms with Crippen molar-refractivity contribution in [2.24, 2.45) is 5.41 Å². The van der Waals surface area contributed by atoms with Crippen molar-refractivity contribution in [2.75, 3.05) is 10.6 Å². The highest BCUT2D eigenvalue weighted by atomic mass is 19.1. The van der Waals surface area contributed by atoms with Crippen LogP contribution in [0.15, 0.2) is 48.5 Å². The molecule has 3 amide bonds. The van der Waals surface area contributed by atoms with Crippen LogP contribution in [0.4, 0.5) is 15.8 Å². The van der Waals surface area contributed by atoms with Crippen molar-refractivity contribution < 1.29 is 18.8 Å². The second-order valence-corrected chi connectivity index (χ2v) is 6.62. The molecule has 27 heavy (non-hydrogen) atoms. The fraction of sp³-hybridized carbons (Fsp3) is 0.250. The van der Waals surface area contributed by atoms with Crippen molar-refractivity contribution in [1.29, 1.82) is 0 Å². The summed E-state index contributed by atoms with van der Waals surface area (Å²) in [5.41, 5.74) is -0.0664. The van der Waals surface area contributed by atoms with Gasteiger partial charge in [-0.25, -0.2) is 4.39 Å². The summed E-state index contributed by atoms with van der Waals surface area (Å²) in [5, 5.41) is 7.87. The Labute approximate surface area is 157 Å². The number of amides is 3. The fourth-order valence-electron chi connectivity index (χ4n) is 2.31. The van der Waals surface area contributed by atoms with Gasteiger partial charge in [0, 0.05) is 30.4 Å². The highest BCUT2D eigenvalue weighted by Crippen LogP contribution is 2.21. The molecular formula is C20H22FN3O3. The molecule has 7 heteroatoms. The van der Waals surface area contributed by atoms with E-state index >= 15 is 0 Å². The first-order valence-corrected chi connectivity index (χ1v) is 8.41. The van der Waals surface area contributed by atoms with Gasteiger partial charge in [0.25, 0.3) is 0 Å². The topological polar surface area (TPSA) is 87.3 Å². The molecule has 0 aliphatic rings. The molecule has 0 bridgehead atoms. The highest BCUT2D eigenvalue weighted by Gasteiger charge is 2.36. The Morgan fingerprint density at radius 3 is 2.19 bits per heavy atom. The lowest BCUT2D eigenvalue weighted by molar-refractivity contribution is -0.138. The molecule has 0 aromatic heterocycles. The van der Waals surface area contributed by atoms with Gasteiger partial charge >= 0.3 is 0 Å². The van der Waals surface area contributed by atoms with Crippen molar-refractivity contribution in [2.45, 2.75) is 27.3 Å². The number of benzene rings is 2. The number of carbonyl (C=O) groups excluding carboxylic acids is 3. The summed E-state index contributed by atoms with van der Waals surface area (Å²) < 4.78 is 13.7. The maximum absolute atomic E-state index is 13.7. The van der Waals surface area contributed by atoms with E-state index in [4.69, 9.17) is 0 Å². The normalized spacial score (nSPS) is 10.8. The summed E-state index contributed by atoms with van der Waals surface area (Å²) in [5.74, 6) is -1.70. The Morgan fingerprint density at radius 2 is 1.56 bits per heavy atom. The Balaban J connectivity index is 2.02. The van der Waals surface area contributed by atoms with E-state index in [-0.39, 0.29) is 12.5 Å². The van der Waals surface area contributed by atoms with Gasteiger partial charge in [-0.05, 0) is 38.1 Å². The molecule has 0 aliphatic heterocycles. The van der Waals surface area contributed by atoms with E-state index < -0.39 is 23.0 Å². The number of hydrogen-bond acceptors (Lipinski definition) is 3. The van der Waals surface area contributed by atoms with Gasteiger partial charge in [-0.15, -0.1) is 0 Å². The molecule has 0 fully saturated rings. The largest absolute Gasteiger partial charge is 0.351 e. The lowest BCUT2D eigenvalue weighted by atomic mass is 9.90. The molecule has 0 heterocycles. The Morgan fingerprint density at radius 1 is 0.926 bits per heavy atom. The fourth-order valence-corrected chi connectivity index (χ4v) is 2.31. The summed E-state index contributed by atoms with van der Waals surface area (Å²) in [7, 11) is 0. The number of carbonyl (C=O) groups is 3. The molecule has 2 aromatic carbocycles. The van der Waals surface area contributed by atoms with Crippen LogP contribution in [0.1, 0.15) is 26.3 Å². The molecular weight excluding hydrogens is 349 g/mol. The molecule has 142 valence electrons. The zero-order chi connectivity index (χ0) is 20.0. The summed E-state index contributed by atoms with van der Waals surface area (Å²) >= 11 is 0. The van der Waals surface area contributed by atoms with Crippen LogP contribution >= 0.6 is 0 Å². The quantitative estimate of drug-likeness (QED) is 0.682. The average Bonchev–Trinajstić information content (AvgIpc) is 2.60. The van der Waals surface area contributed by atoms with Crippen LogP contribution in [0.2, 0.25) is 0 Å². The molecule has 2 aromatic rings. The van der Waals surface area contributed by atoms with E-state index in [1.807, 2.05) is 0 Å². The van der Waals surface area contributed by atoms with Crippen molar-refractivity contribution >= 4 is 29.1 Å². The second kappa shape index (κ2) is 8.44. The van der Waals surface area contributed by atoms with Crippen LogP contribution in [-0.2, 0) is 20.9 Å². The van der Waals surface area contributed by atoms with Crippen molar-refractivity contribution in [3.05, 3.63) is 59.9 Å². The third kappa shape index (κ3) is 5.37. The minimum atomic E-state index is -1.38. The minimum Gasteiger partial charge on any atom is -0.351 e. The first-order chi connectivity index (χ1) is 12.7. The van der Waals surface area contributed by atoms with Crippen molar-refractivity contribution in [1.82, 2.24) is 5.32 Å². The van der Waals surface area contributed by atoms with Gasteiger partial charge in [-0.1, -0.05) is 24.3 Å².